The second-order valence-electron chi connectivity index (χ2n) is 3.82. The Balaban J connectivity index is 2.36. The van der Waals surface area contributed by atoms with Crippen molar-refractivity contribution in [3.63, 3.8) is 0 Å². The van der Waals surface area contributed by atoms with Crippen LogP contribution in [0, 0.1) is 0 Å². The lowest BCUT2D eigenvalue weighted by atomic mass is 10.3. The molecule has 1 aromatic carbocycles. The van der Waals surface area contributed by atoms with Gasteiger partial charge in [-0.15, -0.1) is 0 Å². The number of hydrogen-bond acceptors (Lipinski definition) is 4. The Morgan fingerprint density at radius 2 is 1.81 bits per heavy atom. The molecular formula is C10H13NO4S. The fraction of sp³-hybridized carbons (Fsp3) is 0.400. The summed E-state index contributed by atoms with van der Waals surface area (Å²) in [7, 11) is -4.34. The van der Waals surface area contributed by atoms with Crippen molar-refractivity contribution in [2.24, 2.45) is 0 Å². The lowest BCUT2D eigenvalue weighted by molar-refractivity contribution is 0.443. The quantitative estimate of drug-likeness (QED) is 0.764. The zero-order valence-corrected chi connectivity index (χ0v) is 9.44. The van der Waals surface area contributed by atoms with Gasteiger partial charge in [-0.1, -0.05) is 0 Å². The SMILES string of the molecule is O=S(=O)(O)c1ccc(N2CCCC2)cc1O. The van der Waals surface area contributed by atoms with E-state index in [1.165, 1.54) is 12.1 Å². The molecule has 5 nitrogen and oxygen atoms in total. The van der Waals surface area contributed by atoms with Crippen LogP contribution in [0.3, 0.4) is 0 Å². The normalized spacial score (nSPS) is 16.7. The van der Waals surface area contributed by atoms with Crippen molar-refractivity contribution in [1.82, 2.24) is 0 Å². The van der Waals surface area contributed by atoms with Crippen LogP contribution in [-0.4, -0.2) is 31.2 Å². The smallest absolute Gasteiger partial charge is 0.298 e. The molecule has 1 saturated heterocycles. The molecule has 0 bridgehead atoms. The summed E-state index contributed by atoms with van der Waals surface area (Å²) in [6.45, 7) is 1.81. The molecule has 0 aliphatic carbocycles. The highest BCUT2D eigenvalue weighted by Crippen LogP contribution is 2.29. The van der Waals surface area contributed by atoms with Gasteiger partial charge < -0.3 is 10.0 Å². The maximum atomic E-state index is 10.9. The van der Waals surface area contributed by atoms with E-state index in [9.17, 15) is 13.5 Å². The molecule has 0 spiro atoms. The number of aromatic hydroxyl groups is 1. The maximum Gasteiger partial charge on any atom is 0.298 e. The zero-order valence-electron chi connectivity index (χ0n) is 8.63. The molecule has 1 aliphatic heterocycles. The molecule has 2 N–H and O–H groups in total. The van der Waals surface area contributed by atoms with Gasteiger partial charge in [-0.05, 0) is 25.0 Å². The summed E-state index contributed by atoms with van der Waals surface area (Å²) in [5, 5.41) is 9.52. The second kappa shape index (κ2) is 3.95. The lowest BCUT2D eigenvalue weighted by Gasteiger charge is -2.18. The van der Waals surface area contributed by atoms with Crippen LogP contribution in [0.25, 0.3) is 0 Å². The van der Waals surface area contributed by atoms with Crippen LogP contribution in [-0.2, 0) is 10.1 Å². The summed E-state index contributed by atoms with van der Waals surface area (Å²) in [6.07, 6.45) is 2.20. The standard InChI is InChI=1S/C10H13NO4S/c12-9-7-8(11-5-1-2-6-11)3-4-10(9)16(13,14)15/h3-4,7,12H,1-2,5-6H2,(H,13,14,15). The summed E-state index contributed by atoms with van der Waals surface area (Å²) in [5.74, 6) is -0.410. The van der Waals surface area contributed by atoms with Crippen molar-refractivity contribution in [1.29, 1.82) is 0 Å². The van der Waals surface area contributed by atoms with Crippen LogP contribution in [0.1, 0.15) is 12.8 Å². The van der Waals surface area contributed by atoms with E-state index < -0.39 is 20.8 Å². The highest BCUT2D eigenvalue weighted by molar-refractivity contribution is 7.86. The van der Waals surface area contributed by atoms with Gasteiger partial charge in [0.2, 0.25) is 0 Å². The van der Waals surface area contributed by atoms with Gasteiger partial charge in [-0.25, -0.2) is 0 Å². The lowest BCUT2D eigenvalue weighted by Crippen LogP contribution is -2.17. The molecule has 1 aromatic rings. The molecule has 6 heteroatoms. The third-order valence-electron chi connectivity index (χ3n) is 2.69. The van der Waals surface area contributed by atoms with E-state index in [4.69, 9.17) is 4.55 Å². The molecule has 0 aromatic heterocycles. The molecular weight excluding hydrogens is 230 g/mol. The van der Waals surface area contributed by atoms with Gasteiger partial charge in [0.05, 0.1) is 0 Å². The summed E-state index contributed by atoms with van der Waals surface area (Å²) in [4.78, 5) is 1.61. The Morgan fingerprint density at radius 3 is 2.31 bits per heavy atom. The van der Waals surface area contributed by atoms with Gasteiger partial charge in [0.25, 0.3) is 10.1 Å². The molecule has 1 aliphatic rings. The van der Waals surface area contributed by atoms with Crippen LogP contribution >= 0.6 is 0 Å². The van der Waals surface area contributed by atoms with Crippen LogP contribution in [0.4, 0.5) is 5.69 Å². The maximum absolute atomic E-state index is 10.9. The van der Waals surface area contributed by atoms with Crippen molar-refractivity contribution in [2.75, 3.05) is 18.0 Å². The Morgan fingerprint density at radius 1 is 1.19 bits per heavy atom. The number of phenols is 1. The molecule has 0 atom stereocenters. The van der Waals surface area contributed by atoms with Crippen molar-refractivity contribution in [3.8, 4) is 5.75 Å². The van der Waals surface area contributed by atoms with Gasteiger partial charge in [0, 0.05) is 24.8 Å². The minimum atomic E-state index is -4.34. The van der Waals surface area contributed by atoms with Crippen molar-refractivity contribution >= 4 is 15.8 Å². The highest BCUT2D eigenvalue weighted by atomic mass is 32.2. The van der Waals surface area contributed by atoms with E-state index in [1.54, 1.807) is 6.07 Å². The van der Waals surface area contributed by atoms with Crippen LogP contribution < -0.4 is 4.90 Å². The van der Waals surface area contributed by atoms with Crippen molar-refractivity contribution in [3.05, 3.63) is 18.2 Å². The van der Waals surface area contributed by atoms with E-state index in [0.29, 0.717) is 0 Å². The summed E-state index contributed by atoms with van der Waals surface area (Å²) >= 11 is 0. The molecule has 2 rings (SSSR count). The molecule has 1 fully saturated rings. The third-order valence-corrected chi connectivity index (χ3v) is 3.59. The monoisotopic (exact) mass is 243 g/mol. The van der Waals surface area contributed by atoms with Crippen molar-refractivity contribution in [2.45, 2.75) is 17.7 Å². The number of rotatable bonds is 2. The molecule has 1 heterocycles. The van der Waals surface area contributed by atoms with Gasteiger partial charge in [0.15, 0.2) is 0 Å². The second-order valence-corrected chi connectivity index (χ2v) is 5.21. The minimum absolute atomic E-state index is 0.410. The predicted molar refractivity (Wildman–Crippen MR) is 59.4 cm³/mol. The molecule has 0 saturated carbocycles. The highest BCUT2D eigenvalue weighted by Gasteiger charge is 2.18. The minimum Gasteiger partial charge on any atom is -0.506 e. The average Bonchev–Trinajstić information content (AvgIpc) is 2.68. The topological polar surface area (TPSA) is 77.8 Å². The Bertz CT molecular complexity index is 492. The first-order valence-electron chi connectivity index (χ1n) is 5.04. The number of nitrogens with zero attached hydrogens (tertiary/aromatic N) is 1. The molecule has 0 radical (unpaired) electrons. The fourth-order valence-corrected chi connectivity index (χ4v) is 2.46. The van der Waals surface area contributed by atoms with Crippen LogP contribution in [0.2, 0.25) is 0 Å². The molecule has 88 valence electrons. The Kier molecular flexibility index (Phi) is 2.77. The fourth-order valence-electron chi connectivity index (χ4n) is 1.90. The first kappa shape index (κ1) is 11.2. The zero-order chi connectivity index (χ0) is 11.8. The average molecular weight is 243 g/mol. The number of anilines is 1. The number of hydrogen-bond donors (Lipinski definition) is 2. The number of phenolic OH excluding ortho intramolecular Hbond substituents is 1. The summed E-state index contributed by atoms with van der Waals surface area (Å²) in [5.41, 5.74) is 0.780. The van der Waals surface area contributed by atoms with Gasteiger partial charge >= 0.3 is 0 Å². The van der Waals surface area contributed by atoms with E-state index in [1.807, 2.05) is 0 Å². The van der Waals surface area contributed by atoms with E-state index in [-0.39, 0.29) is 0 Å². The molecule has 0 unspecified atom stereocenters. The van der Waals surface area contributed by atoms with Crippen molar-refractivity contribution < 1.29 is 18.1 Å². The van der Waals surface area contributed by atoms with E-state index in [0.717, 1.165) is 31.6 Å². The van der Waals surface area contributed by atoms with E-state index >= 15 is 0 Å². The van der Waals surface area contributed by atoms with Gasteiger partial charge in [0.1, 0.15) is 10.6 Å². The largest absolute Gasteiger partial charge is 0.506 e. The van der Waals surface area contributed by atoms with Gasteiger partial charge in [-0.2, -0.15) is 8.42 Å². The molecule has 16 heavy (non-hydrogen) atoms. The number of benzene rings is 1. The van der Waals surface area contributed by atoms with Crippen LogP contribution in [0.5, 0.6) is 5.75 Å². The van der Waals surface area contributed by atoms with Crippen LogP contribution in [0.15, 0.2) is 23.1 Å². The predicted octanol–water partition coefficient (Wildman–Crippen LogP) is 1.24. The van der Waals surface area contributed by atoms with E-state index in [2.05, 4.69) is 4.90 Å². The summed E-state index contributed by atoms with van der Waals surface area (Å²) < 4.78 is 30.6. The molecule has 0 amide bonds. The first-order chi connectivity index (χ1) is 7.48. The van der Waals surface area contributed by atoms with Gasteiger partial charge in [-0.3, -0.25) is 4.55 Å². The summed E-state index contributed by atoms with van der Waals surface area (Å²) in [6, 6.07) is 4.18. The third kappa shape index (κ3) is 2.12. The Labute approximate surface area is 94.1 Å². The first-order valence-corrected chi connectivity index (χ1v) is 6.48. The Hall–Kier alpha value is -1.27.